The van der Waals surface area contributed by atoms with Crippen molar-refractivity contribution in [2.24, 2.45) is 10.7 Å². The van der Waals surface area contributed by atoms with E-state index in [0.29, 0.717) is 6.07 Å². The van der Waals surface area contributed by atoms with Crippen LogP contribution in [-0.4, -0.2) is 46.8 Å². The van der Waals surface area contributed by atoms with E-state index < -0.39 is 62.4 Å². The summed E-state index contributed by atoms with van der Waals surface area (Å²) in [4.78, 5) is 33.2. The van der Waals surface area contributed by atoms with Gasteiger partial charge in [-0.25, -0.2) is 31.5 Å². The summed E-state index contributed by atoms with van der Waals surface area (Å²) in [6.07, 6.45) is 1.88. The number of guanidine groups is 1. The third-order valence-electron chi connectivity index (χ3n) is 4.29. The molecule has 0 bridgehead atoms. The van der Waals surface area contributed by atoms with Crippen LogP contribution in [-0.2, 0) is 15.6 Å². The van der Waals surface area contributed by atoms with Gasteiger partial charge in [-0.15, -0.1) is 0 Å². The molecule has 2 aromatic rings. The Bertz CT molecular complexity index is 1270. The number of H-pyrrole nitrogens is 1. The highest BCUT2D eigenvalue weighted by Crippen LogP contribution is 2.36. The van der Waals surface area contributed by atoms with Crippen LogP contribution < -0.4 is 16.6 Å². The molecular weight excluding hydrogens is 422 g/mol. The lowest BCUT2D eigenvalue weighted by Crippen LogP contribution is -2.52. The Hall–Kier alpha value is -3.35. The van der Waals surface area contributed by atoms with Crippen LogP contribution in [0.15, 0.2) is 34.3 Å². The van der Waals surface area contributed by atoms with Crippen LogP contribution in [0.1, 0.15) is 32.6 Å². The summed E-state index contributed by atoms with van der Waals surface area (Å²) in [7, 11) is -4.42. The van der Waals surface area contributed by atoms with Crippen LogP contribution in [0.4, 0.5) is 14.5 Å². The fourth-order valence-electron chi connectivity index (χ4n) is 3.00. The number of nitrogens with one attached hydrogen (secondary N) is 2. The van der Waals surface area contributed by atoms with Gasteiger partial charge in [0.1, 0.15) is 11.2 Å². The Balaban J connectivity index is 2.06. The van der Waals surface area contributed by atoms with Crippen molar-refractivity contribution >= 4 is 27.6 Å². The molecule has 160 valence electrons. The van der Waals surface area contributed by atoms with Gasteiger partial charge in [0.25, 0.3) is 11.5 Å². The Labute approximate surface area is 172 Å². The minimum atomic E-state index is -4.42. The summed E-state index contributed by atoms with van der Waals surface area (Å²) >= 11 is 0. The molecule has 1 atom stereocenters. The van der Waals surface area contributed by atoms with Crippen molar-refractivity contribution in [2.75, 3.05) is 17.6 Å². The standard InChI is InChI=1S/C17H18F2N6O4S/c1-3-25-16(20)24-17(2,8-30(25,28)29)10-4-9(5-11(18)14(10)19)23-15(27)12-6-22-13(26)7-21-12/h4-7H,3,8H2,1-2H3,(H2,20,24)(H,22,26)(H,23,27)/t17-/m0/s1/i3D2. The van der Waals surface area contributed by atoms with Crippen molar-refractivity contribution in [3.63, 3.8) is 0 Å². The first-order chi connectivity index (χ1) is 14.6. The average Bonchev–Trinajstić information content (AvgIpc) is 2.61. The fourth-order valence-corrected chi connectivity index (χ4v) is 4.66. The predicted molar refractivity (Wildman–Crippen MR) is 104 cm³/mol. The molecule has 0 saturated heterocycles. The highest BCUT2D eigenvalue weighted by atomic mass is 32.2. The first-order valence-electron chi connectivity index (χ1n) is 9.38. The number of anilines is 1. The zero-order chi connectivity index (χ0) is 24.1. The first-order valence-corrected chi connectivity index (χ1v) is 9.99. The Kier molecular flexibility index (Phi) is 4.65. The summed E-state index contributed by atoms with van der Waals surface area (Å²) in [5.41, 5.74) is 2.23. The van der Waals surface area contributed by atoms with E-state index in [9.17, 15) is 26.8 Å². The zero-order valence-electron chi connectivity index (χ0n) is 17.7. The van der Waals surface area contributed by atoms with Gasteiger partial charge in [0.05, 0.1) is 14.7 Å². The van der Waals surface area contributed by atoms with Crippen LogP contribution in [0, 0.1) is 11.6 Å². The number of benzene rings is 1. The van der Waals surface area contributed by atoms with Gasteiger partial charge >= 0.3 is 0 Å². The summed E-state index contributed by atoms with van der Waals surface area (Å²) in [6.45, 7) is -0.277. The first kappa shape index (κ1) is 18.7. The summed E-state index contributed by atoms with van der Waals surface area (Å²) in [5, 5.41) is 2.28. The van der Waals surface area contributed by atoms with Crippen molar-refractivity contribution in [3.8, 4) is 0 Å². The van der Waals surface area contributed by atoms with E-state index in [4.69, 9.17) is 8.48 Å². The number of nitrogens with zero attached hydrogens (tertiary/aromatic N) is 3. The van der Waals surface area contributed by atoms with Crippen LogP contribution >= 0.6 is 0 Å². The highest BCUT2D eigenvalue weighted by Gasteiger charge is 2.43. The van der Waals surface area contributed by atoms with Gasteiger partial charge < -0.3 is 16.0 Å². The highest BCUT2D eigenvalue weighted by molar-refractivity contribution is 7.89. The summed E-state index contributed by atoms with van der Waals surface area (Å²) in [6, 6.07) is 1.66. The maximum Gasteiger partial charge on any atom is 0.275 e. The number of carbonyl (C=O) groups excluding carboxylic acids is 1. The molecule has 3 rings (SSSR count). The Morgan fingerprint density at radius 3 is 2.73 bits per heavy atom. The number of hydrogen-bond donors (Lipinski definition) is 3. The number of aliphatic imine (C=N–C) groups is 1. The molecule has 0 spiro atoms. The second-order valence-corrected chi connectivity index (χ2v) is 8.38. The van der Waals surface area contributed by atoms with Gasteiger partial charge in [0, 0.05) is 30.0 Å². The molecule has 10 nitrogen and oxygen atoms in total. The third kappa shape index (κ3) is 3.87. The largest absolute Gasteiger partial charge is 0.369 e. The number of nitrogens with two attached hydrogens (primary N) is 1. The smallest absolute Gasteiger partial charge is 0.275 e. The summed E-state index contributed by atoms with van der Waals surface area (Å²) < 4.78 is 70.0. The molecule has 1 aliphatic heterocycles. The van der Waals surface area contributed by atoms with Gasteiger partial charge in [0.15, 0.2) is 11.6 Å². The van der Waals surface area contributed by atoms with Crippen LogP contribution in [0.3, 0.4) is 0 Å². The maximum atomic E-state index is 14.7. The van der Waals surface area contributed by atoms with Crippen molar-refractivity contribution in [1.29, 1.82) is 0 Å². The molecule has 0 fully saturated rings. The van der Waals surface area contributed by atoms with E-state index in [2.05, 4.69) is 20.3 Å². The van der Waals surface area contributed by atoms with E-state index >= 15 is 0 Å². The molecule has 30 heavy (non-hydrogen) atoms. The minimum Gasteiger partial charge on any atom is -0.369 e. The van der Waals surface area contributed by atoms with E-state index in [1.165, 1.54) is 6.92 Å². The second-order valence-electron chi connectivity index (χ2n) is 6.56. The molecule has 4 N–H and O–H groups in total. The van der Waals surface area contributed by atoms with E-state index in [-0.39, 0.29) is 15.7 Å². The molecule has 0 saturated carbocycles. The normalized spacial score (nSPS) is 22.0. The SMILES string of the molecule is [2H]C([2H])(C)N1C(N)=N[C@](C)(c2cc(NC(=O)c3c[nH]c(=O)cn3)cc(F)c2F)CS1(=O)=O. The number of aromatic nitrogens is 2. The number of sulfonamides is 1. The molecule has 0 radical (unpaired) electrons. The molecular formula is C17H18F2N6O4S. The number of hydrogen-bond acceptors (Lipinski definition) is 7. The molecule has 13 heteroatoms. The molecule has 1 amide bonds. The van der Waals surface area contributed by atoms with Gasteiger partial charge in [-0.05, 0) is 19.9 Å². The number of carbonyl (C=O) groups is 1. The lowest BCUT2D eigenvalue weighted by Gasteiger charge is -2.36. The Morgan fingerprint density at radius 2 is 2.17 bits per heavy atom. The van der Waals surface area contributed by atoms with Gasteiger partial charge in [-0.3, -0.25) is 9.59 Å². The minimum absolute atomic E-state index is 0.217. The quantitative estimate of drug-likeness (QED) is 0.627. The molecule has 2 heterocycles. The Morgan fingerprint density at radius 1 is 1.47 bits per heavy atom. The topological polar surface area (TPSA) is 151 Å². The number of halogens is 2. The fraction of sp³-hybridized carbons (Fsp3) is 0.294. The van der Waals surface area contributed by atoms with Gasteiger partial charge in [0.2, 0.25) is 16.0 Å². The second kappa shape index (κ2) is 7.48. The third-order valence-corrected chi connectivity index (χ3v) is 6.14. The zero-order valence-corrected chi connectivity index (χ0v) is 16.5. The van der Waals surface area contributed by atoms with Crippen LogP contribution in [0.5, 0.6) is 0 Å². The molecule has 1 aromatic carbocycles. The van der Waals surface area contributed by atoms with Crippen molar-refractivity contribution < 1.29 is 24.7 Å². The van der Waals surface area contributed by atoms with Gasteiger partial charge in [-0.1, -0.05) is 0 Å². The van der Waals surface area contributed by atoms with E-state index in [1.807, 2.05) is 0 Å². The molecule has 1 aliphatic rings. The van der Waals surface area contributed by atoms with Crippen LogP contribution in [0.25, 0.3) is 0 Å². The predicted octanol–water partition coefficient (Wildman–Crippen LogP) is 0.496. The molecule has 0 aliphatic carbocycles. The van der Waals surface area contributed by atoms with Gasteiger partial charge in [-0.2, -0.15) is 0 Å². The van der Waals surface area contributed by atoms with Crippen molar-refractivity contribution in [1.82, 2.24) is 14.3 Å². The van der Waals surface area contributed by atoms with E-state index in [1.54, 1.807) is 0 Å². The van der Waals surface area contributed by atoms with Crippen LogP contribution in [0.2, 0.25) is 0 Å². The lowest BCUT2D eigenvalue weighted by atomic mass is 9.93. The molecule has 1 aromatic heterocycles. The number of amides is 1. The van der Waals surface area contributed by atoms with Crippen molar-refractivity contribution in [3.05, 3.63) is 57.8 Å². The number of rotatable bonds is 4. The monoisotopic (exact) mass is 442 g/mol. The number of aromatic amines is 1. The summed E-state index contributed by atoms with van der Waals surface area (Å²) in [5.74, 6) is -5.31. The van der Waals surface area contributed by atoms with E-state index in [0.717, 1.165) is 25.4 Å². The maximum absolute atomic E-state index is 14.7. The van der Waals surface area contributed by atoms with Crippen molar-refractivity contribution in [2.45, 2.75) is 19.4 Å². The average molecular weight is 442 g/mol. The lowest BCUT2D eigenvalue weighted by molar-refractivity contribution is 0.102. The molecule has 0 unspecified atom stereocenters.